The van der Waals surface area contributed by atoms with Gasteiger partial charge in [0.05, 0.1) is 23.0 Å². The van der Waals surface area contributed by atoms with Crippen LogP contribution in [-0.4, -0.2) is 30.7 Å². The molecular formula is C17H17N3O5S. The van der Waals surface area contributed by atoms with Crippen LogP contribution in [0.15, 0.2) is 35.2 Å². The largest absolute Gasteiger partial charge is 0.397 e. The lowest BCUT2D eigenvalue weighted by atomic mass is 9.82. The number of nitrogens with one attached hydrogen (secondary N) is 1. The third-order valence-electron chi connectivity index (χ3n) is 4.26. The predicted octanol–water partition coefficient (Wildman–Crippen LogP) is 1.40. The third-order valence-corrected chi connectivity index (χ3v) is 5.15. The predicted molar refractivity (Wildman–Crippen MR) is 95.9 cm³/mol. The van der Waals surface area contributed by atoms with Crippen LogP contribution in [0, 0.1) is 0 Å². The molecule has 26 heavy (non-hydrogen) atoms. The van der Waals surface area contributed by atoms with Gasteiger partial charge in [-0.15, -0.1) is 0 Å². The number of fused-ring (bicyclic) bond motifs is 2. The van der Waals surface area contributed by atoms with E-state index in [1.54, 1.807) is 19.1 Å². The lowest BCUT2D eigenvalue weighted by molar-refractivity contribution is 0.0980. The van der Waals surface area contributed by atoms with Crippen molar-refractivity contribution in [3.63, 3.8) is 0 Å². The van der Waals surface area contributed by atoms with E-state index in [0.29, 0.717) is 6.42 Å². The number of carbonyl (C=O) groups excluding carboxylic acids is 2. The SMILES string of the molecule is CCC(N)Nc1cc(S(=O)(=O)O)c(N)c2c1C(=O)c1ccccc1C2=O. The van der Waals surface area contributed by atoms with E-state index in [4.69, 9.17) is 11.5 Å². The van der Waals surface area contributed by atoms with Gasteiger partial charge in [-0.2, -0.15) is 8.42 Å². The van der Waals surface area contributed by atoms with Gasteiger partial charge in [0.15, 0.2) is 11.6 Å². The van der Waals surface area contributed by atoms with Crippen LogP contribution in [0.4, 0.5) is 11.4 Å². The molecule has 0 saturated heterocycles. The molecule has 0 amide bonds. The number of carbonyl (C=O) groups is 2. The molecule has 1 atom stereocenters. The van der Waals surface area contributed by atoms with Gasteiger partial charge >= 0.3 is 0 Å². The summed E-state index contributed by atoms with van der Waals surface area (Å²) in [6.45, 7) is 1.79. The van der Waals surface area contributed by atoms with E-state index >= 15 is 0 Å². The minimum absolute atomic E-state index is 0.0315. The first-order valence-electron chi connectivity index (χ1n) is 7.81. The molecule has 9 heteroatoms. The zero-order valence-electron chi connectivity index (χ0n) is 13.8. The van der Waals surface area contributed by atoms with E-state index in [1.165, 1.54) is 12.1 Å². The average molecular weight is 375 g/mol. The smallest absolute Gasteiger partial charge is 0.296 e. The average Bonchev–Trinajstić information content (AvgIpc) is 2.59. The second-order valence-electron chi connectivity index (χ2n) is 5.92. The summed E-state index contributed by atoms with van der Waals surface area (Å²) in [7, 11) is -4.72. The summed E-state index contributed by atoms with van der Waals surface area (Å²) in [6, 6.07) is 7.20. The summed E-state index contributed by atoms with van der Waals surface area (Å²) >= 11 is 0. The molecule has 0 aromatic heterocycles. The molecule has 1 aliphatic rings. The van der Waals surface area contributed by atoms with Gasteiger partial charge in [-0.3, -0.25) is 14.1 Å². The fraction of sp³-hybridized carbons (Fsp3) is 0.176. The Morgan fingerprint density at radius 1 is 1.12 bits per heavy atom. The van der Waals surface area contributed by atoms with Crippen molar-refractivity contribution in [3.8, 4) is 0 Å². The lowest BCUT2D eigenvalue weighted by Crippen LogP contribution is -2.32. The zero-order valence-corrected chi connectivity index (χ0v) is 14.6. The van der Waals surface area contributed by atoms with Gasteiger partial charge in [0.2, 0.25) is 0 Å². The van der Waals surface area contributed by atoms with Crippen LogP contribution in [0.3, 0.4) is 0 Å². The van der Waals surface area contributed by atoms with E-state index in [1.807, 2.05) is 0 Å². The topological polar surface area (TPSA) is 153 Å². The Kier molecular flexibility index (Phi) is 4.31. The number of ketones is 2. The van der Waals surface area contributed by atoms with E-state index in [2.05, 4.69) is 5.32 Å². The monoisotopic (exact) mass is 375 g/mol. The Balaban J connectivity index is 2.38. The fourth-order valence-corrected chi connectivity index (χ4v) is 3.57. The molecule has 3 rings (SSSR count). The second kappa shape index (κ2) is 6.20. The van der Waals surface area contributed by atoms with Crippen molar-refractivity contribution in [2.75, 3.05) is 11.1 Å². The Labute approximate surface area is 149 Å². The first-order chi connectivity index (χ1) is 12.2. The molecule has 136 valence electrons. The number of nitrogens with two attached hydrogens (primary N) is 2. The van der Waals surface area contributed by atoms with Crippen LogP contribution in [0.5, 0.6) is 0 Å². The third kappa shape index (κ3) is 2.75. The van der Waals surface area contributed by atoms with Gasteiger partial charge < -0.3 is 16.8 Å². The fourth-order valence-electron chi connectivity index (χ4n) is 2.92. The molecular weight excluding hydrogens is 358 g/mol. The van der Waals surface area contributed by atoms with Crippen molar-refractivity contribution >= 4 is 33.1 Å². The highest BCUT2D eigenvalue weighted by Crippen LogP contribution is 2.39. The number of nitrogen functional groups attached to an aromatic ring is 1. The maximum atomic E-state index is 13.0. The Morgan fingerprint density at radius 2 is 1.65 bits per heavy atom. The highest BCUT2D eigenvalue weighted by molar-refractivity contribution is 7.86. The van der Waals surface area contributed by atoms with Crippen molar-refractivity contribution in [2.24, 2.45) is 5.73 Å². The molecule has 0 fully saturated rings. The molecule has 1 aliphatic carbocycles. The van der Waals surface area contributed by atoms with Crippen LogP contribution in [0.25, 0.3) is 0 Å². The van der Waals surface area contributed by atoms with E-state index in [0.717, 1.165) is 6.07 Å². The summed E-state index contributed by atoms with van der Waals surface area (Å²) in [6.07, 6.45) is -0.129. The highest BCUT2D eigenvalue weighted by atomic mass is 32.2. The zero-order chi connectivity index (χ0) is 19.2. The molecule has 8 nitrogen and oxygen atoms in total. The summed E-state index contributed by atoms with van der Waals surface area (Å²) in [4.78, 5) is 25.2. The van der Waals surface area contributed by atoms with Gasteiger partial charge in [0.25, 0.3) is 10.1 Å². The van der Waals surface area contributed by atoms with Crippen LogP contribution in [-0.2, 0) is 10.1 Å². The maximum Gasteiger partial charge on any atom is 0.296 e. The minimum Gasteiger partial charge on any atom is -0.397 e. The number of hydrogen-bond acceptors (Lipinski definition) is 7. The number of hydrogen-bond donors (Lipinski definition) is 4. The first kappa shape index (κ1) is 18.1. The molecule has 0 saturated carbocycles. The van der Waals surface area contributed by atoms with Gasteiger partial charge in [-0.1, -0.05) is 31.2 Å². The summed E-state index contributed by atoms with van der Waals surface area (Å²) in [5.74, 6) is -1.07. The standard InChI is InChI=1S/C17H17N3O5S/c1-2-12(18)20-10-7-11(26(23,24)25)15(19)14-13(10)16(21)8-5-3-4-6-9(8)17(14)22/h3-7,12,20H,2,18-19H2,1H3,(H,23,24,25). The normalized spacial score (nSPS) is 14.6. The van der Waals surface area contributed by atoms with Gasteiger partial charge in [-0.25, -0.2) is 0 Å². The van der Waals surface area contributed by atoms with Crippen molar-refractivity contribution in [1.29, 1.82) is 0 Å². The molecule has 0 heterocycles. The summed E-state index contributed by atoms with van der Waals surface area (Å²) in [5.41, 5.74) is 11.3. The summed E-state index contributed by atoms with van der Waals surface area (Å²) < 4.78 is 32.9. The summed E-state index contributed by atoms with van der Waals surface area (Å²) in [5, 5.41) is 2.81. The van der Waals surface area contributed by atoms with Crippen molar-refractivity contribution in [3.05, 3.63) is 52.6 Å². The van der Waals surface area contributed by atoms with Crippen LogP contribution < -0.4 is 16.8 Å². The number of rotatable bonds is 4. The van der Waals surface area contributed by atoms with Crippen LogP contribution in [0.1, 0.15) is 45.2 Å². The Bertz CT molecular complexity index is 1050. The molecule has 0 bridgehead atoms. The maximum absolute atomic E-state index is 13.0. The minimum atomic E-state index is -4.72. The number of benzene rings is 2. The second-order valence-corrected chi connectivity index (χ2v) is 7.31. The van der Waals surface area contributed by atoms with Crippen molar-refractivity contribution in [2.45, 2.75) is 24.4 Å². The van der Waals surface area contributed by atoms with Gasteiger partial charge in [0.1, 0.15) is 4.90 Å². The van der Waals surface area contributed by atoms with E-state index < -0.39 is 38.4 Å². The quantitative estimate of drug-likeness (QED) is 0.303. The van der Waals surface area contributed by atoms with Crippen LogP contribution >= 0.6 is 0 Å². The Morgan fingerprint density at radius 3 is 2.15 bits per heavy atom. The molecule has 1 unspecified atom stereocenters. The molecule has 0 radical (unpaired) electrons. The molecule has 2 aromatic carbocycles. The van der Waals surface area contributed by atoms with Crippen molar-refractivity contribution in [1.82, 2.24) is 0 Å². The lowest BCUT2D eigenvalue weighted by Gasteiger charge is -2.25. The highest BCUT2D eigenvalue weighted by Gasteiger charge is 2.36. The molecule has 2 aromatic rings. The molecule has 6 N–H and O–H groups in total. The molecule has 0 aliphatic heterocycles. The van der Waals surface area contributed by atoms with E-state index in [-0.39, 0.29) is 27.9 Å². The van der Waals surface area contributed by atoms with Crippen molar-refractivity contribution < 1.29 is 22.6 Å². The molecule has 0 spiro atoms. The Hall–Kier alpha value is -2.75. The number of anilines is 2. The van der Waals surface area contributed by atoms with Crippen LogP contribution in [0.2, 0.25) is 0 Å². The van der Waals surface area contributed by atoms with Gasteiger partial charge in [-0.05, 0) is 12.5 Å². The first-order valence-corrected chi connectivity index (χ1v) is 9.25. The van der Waals surface area contributed by atoms with E-state index in [9.17, 15) is 22.6 Å². The van der Waals surface area contributed by atoms with Gasteiger partial charge in [0, 0.05) is 16.8 Å².